The predicted molar refractivity (Wildman–Crippen MR) is 88.1 cm³/mol. The van der Waals surface area contributed by atoms with Crippen molar-refractivity contribution in [2.45, 2.75) is 32.3 Å². The topological polar surface area (TPSA) is 60.7 Å². The summed E-state index contributed by atoms with van der Waals surface area (Å²) < 4.78 is 0. The first kappa shape index (κ1) is 16.1. The highest BCUT2D eigenvalue weighted by atomic mass is 16.3. The smallest absolute Gasteiger partial charge is 0.122 e. The summed E-state index contributed by atoms with van der Waals surface area (Å²) in [5, 5.41) is 29.8. The average molecular weight is 298 g/mol. The second-order valence-corrected chi connectivity index (χ2v) is 5.65. The number of benzene rings is 2. The van der Waals surface area contributed by atoms with E-state index >= 15 is 0 Å². The number of aliphatic hydroxyl groups is 1. The van der Waals surface area contributed by atoms with E-state index in [-0.39, 0.29) is 11.5 Å². The van der Waals surface area contributed by atoms with Gasteiger partial charge in [0, 0.05) is 18.1 Å². The van der Waals surface area contributed by atoms with E-state index in [0.717, 1.165) is 12.0 Å². The molecule has 0 aliphatic carbocycles. The van der Waals surface area contributed by atoms with Gasteiger partial charge in [0.1, 0.15) is 11.5 Å². The van der Waals surface area contributed by atoms with Crippen LogP contribution in [0, 0.1) is 0 Å². The summed E-state index contributed by atoms with van der Waals surface area (Å²) >= 11 is 0. The Kier molecular flexibility index (Phi) is 5.23. The van der Waals surface area contributed by atoms with Crippen LogP contribution in [0.15, 0.2) is 54.6 Å². The highest BCUT2D eigenvalue weighted by Crippen LogP contribution is 2.30. The summed E-state index contributed by atoms with van der Waals surface area (Å²) in [4.78, 5) is 0. The highest BCUT2D eigenvalue weighted by molar-refractivity contribution is 5.46. The predicted octanol–water partition coefficient (Wildman–Crippen LogP) is 3.36. The molecule has 0 saturated heterocycles. The van der Waals surface area contributed by atoms with Crippen LogP contribution in [0.3, 0.4) is 0 Å². The summed E-state index contributed by atoms with van der Waals surface area (Å²) in [7, 11) is 0. The molecule has 0 bridgehead atoms. The van der Waals surface area contributed by atoms with Gasteiger partial charge in [-0.25, -0.2) is 0 Å². The van der Waals surface area contributed by atoms with E-state index in [4.69, 9.17) is 0 Å². The van der Waals surface area contributed by atoms with Crippen molar-refractivity contribution in [1.29, 1.82) is 0 Å². The maximum Gasteiger partial charge on any atom is 0.122 e. The van der Waals surface area contributed by atoms with E-state index in [1.807, 2.05) is 30.3 Å². The standard InChI is InChI=1S/C19H22O3/c1-13(2)18(21)12-17-15(10-16(20)11-19(17)22)9-8-14-6-4-3-5-7-14/h3-7,10-11,18,20-22H,1,8-9,12H2,2H3. The maximum absolute atomic E-state index is 10.1. The molecule has 1 unspecified atom stereocenters. The lowest BCUT2D eigenvalue weighted by atomic mass is 9.93. The maximum atomic E-state index is 10.1. The molecule has 2 aromatic rings. The monoisotopic (exact) mass is 298 g/mol. The molecule has 0 aliphatic rings. The van der Waals surface area contributed by atoms with Gasteiger partial charge in [0.05, 0.1) is 6.10 Å². The van der Waals surface area contributed by atoms with Crippen molar-refractivity contribution >= 4 is 0 Å². The minimum absolute atomic E-state index is 0.0170. The van der Waals surface area contributed by atoms with Gasteiger partial charge in [-0.15, -0.1) is 0 Å². The van der Waals surface area contributed by atoms with Crippen molar-refractivity contribution in [3.05, 3.63) is 71.3 Å². The number of hydrogen-bond acceptors (Lipinski definition) is 3. The van der Waals surface area contributed by atoms with Gasteiger partial charge >= 0.3 is 0 Å². The Balaban J connectivity index is 2.23. The van der Waals surface area contributed by atoms with Crippen molar-refractivity contribution in [2.75, 3.05) is 0 Å². The lowest BCUT2D eigenvalue weighted by Gasteiger charge is -2.16. The zero-order valence-corrected chi connectivity index (χ0v) is 12.8. The molecule has 0 heterocycles. The number of aryl methyl sites for hydroxylation is 2. The van der Waals surface area contributed by atoms with E-state index < -0.39 is 6.10 Å². The van der Waals surface area contributed by atoms with Gasteiger partial charge in [-0.1, -0.05) is 42.5 Å². The molecular weight excluding hydrogens is 276 g/mol. The quantitative estimate of drug-likeness (QED) is 0.717. The van der Waals surface area contributed by atoms with Gasteiger partial charge in [-0.05, 0) is 37.0 Å². The van der Waals surface area contributed by atoms with Crippen LogP contribution in [-0.4, -0.2) is 21.4 Å². The largest absolute Gasteiger partial charge is 0.508 e. The Bertz CT molecular complexity index is 647. The molecule has 1 atom stereocenters. The van der Waals surface area contributed by atoms with E-state index in [2.05, 4.69) is 6.58 Å². The second kappa shape index (κ2) is 7.14. The van der Waals surface area contributed by atoms with Crippen LogP contribution in [0.1, 0.15) is 23.6 Å². The van der Waals surface area contributed by atoms with Crippen LogP contribution in [0.2, 0.25) is 0 Å². The van der Waals surface area contributed by atoms with Crippen molar-refractivity contribution in [3.63, 3.8) is 0 Å². The van der Waals surface area contributed by atoms with Crippen LogP contribution >= 0.6 is 0 Å². The fourth-order valence-electron chi connectivity index (χ4n) is 2.45. The van der Waals surface area contributed by atoms with Crippen molar-refractivity contribution in [2.24, 2.45) is 0 Å². The number of hydrogen-bond donors (Lipinski definition) is 3. The molecule has 0 aliphatic heterocycles. The van der Waals surface area contributed by atoms with E-state index in [1.54, 1.807) is 13.0 Å². The Morgan fingerprint density at radius 1 is 1.09 bits per heavy atom. The number of phenols is 2. The minimum atomic E-state index is -0.703. The molecule has 22 heavy (non-hydrogen) atoms. The first-order chi connectivity index (χ1) is 10.5. The molecule has 3 N–H and O–H groups in total. The molecule has 3 nitrogen and oxygen atoms in total. The summed E-state index contributed by atoms with van der Waals surface area (Å²) in [6.07, 6.45) is 1.08. The molecule has 2 aromatic carbocycles. The Labute approximate surface area is 131 Å². The minimum Gasteiger partial charge on any atom is -0.508 e. The van der Waals surface area contributed by atoms with Crippen LogP contribution in [-0.2, 0) is 19.3 Å². The van der Waals surface area contributed by atoms with Gasteiger partial charge in [0.25, 0.3) is 0 Å². The fourth-order valence-corrected chi connectivity index (χ4v) is 2.45. The molecule has 0 spiro atoms. The number of aromatic hydroxyl groups is 2. The summed E-state index contributed by atoms with van der Waals surface area (Å²) in [6.45, 7) is 5.50. The zero-order valence-electron chi connectivity index (χ0n) is 12.8. The second-order valence-electron chi connectivity index (χ2n) is 5.65. The van der Waals surface area contributed by atoms with Gasteiger partial charge in [0.15, 0.2) is 0 Å². The SMILES string of the molecule is C=C(C)C(O)Cc1c(O)cc(O)cc1CCc1ccccc1. The third-order valence-corrected chi connectivity index (χ3v) is 3.80. The molecule has 116 valence electrons. The van der Waals surface area contributed by atoms with E-state index in [0.29, 0.717) is 24.0 Å². The fraction of sp³-hybridized carbons (Fsp3) is 0.263. The Hall–Kier alpha value is -2.26. The van der Waals surface area contributed by atoms with E-state index in [9.17, 15) is 15.3 Å². The van der Waals surface area contributed by atoms with Gasteiger partial charge in [0.2, 0.25) is 0 Å². The number of rotatable bonds is 6. The molecule has 0 amide bonds. The van der Waals surface area contributed by atoms with Crippen LogP contribution in [0.5, 0.6) is 11.5 Å². The molecule has 0 radical (unpaired) electrons. The van der Waals surface area contributed by atoms with Crippen molar-refractivity contribution in [1.82, 2.24) is 0 Å². The Morgan fingerprint density at radius 3 is 2.41 bits per heavy atom. The molecule has 3 heteroatoms. The zero-order chi connectivity index (χ0) is 16.1. The van der Waals surface area contributed by atoms with E-state index in [1.165, 1.54) is 11.6 Å². The van der Waals surface area contributed by atoms with Gasteiger partial charge in [-0.3, -0.25) is 0 Å². The van der Waals surface area contributed by atoms with Gasteiger partial charge < -0.3 is 15.3 Å². The van der Waals surface area contributed by atoms with Gasteiger partial charge in [-0.2, -0.15) is 0 Å². The number of phenolic OH excluding ortho intramolecular Hbond substituents is 2. The highest BCUT2D eigenvalue weighted by Gasteiger charge is 2.15. The summed E-state index contributed by atoms with van der Waals surface area (Å²) in [6, 6.07) is 13.0. The number of aliphatic hydroxyl groups excluding tert-OH is 1. The van der Waals surface area contributed by atoms with Crippen LogP contribution in [0.4, 0.5) is 0 Å². The average Bonchev–Trinajstić information content (AvgIpc) is 2.48. The lowest BCUT2D eigenvalue weighted by Crippen LogP contribution is -2.13. The third kappa shape index (κ3) is 4.12. The molecular formula is C19H22O3. The lowest BCUT2D eigenvalue weighted by molar-refractivity contribution is 0.210. The first-order valence-corrected chi connectivity index (χ1v) is 7.38. The molecule has 2 rings (SSSR count). The molecule has 0 fully saturated rings. The van der Waals surface area contributed by atoms with Crippen molar-refractivity contribution in [3.8, 4) is 11.5 Å². The van der Waals surface area contributed by atoms with Crippen molar-refractivity contribution < 1.29 is 15.3 Å². The normalized spacial score (nSPS) is 12.1. The molecule has 0 aromatic heterocycles. The van der Waals surface area contributed by atoms with Crippen LogP contribution < -0.4 is 0 Å². The third-order valence-electron chi connectivity index (χ3n) is 3.80. The Morgan fingerprint density at radius 2 is 1.77 bits per heavy atom. The molecule has 0 saturated carbocycles. The van der Waals surface area contributed by atoms with Crippen LogP contribution in [0.25, 0.3) is 0 Å². The summed E-state index contributed by atoms with van der Waals surface area (Å²) in [5.74, 6) is 0.0532. The summed E-state index contributed by atoms with van der Waals surface area (Å²) in [5.41, 5.74) is 3.36. The first-order valence-electron chi connectivity index (χ1n) is 7.38.